The zero-order valence-electron chi connectivity index (χ0n) is 10.5. The molecule has 7 heteroatoms. The molecular formula is C13H11BrFN3O2. The van der Waals surface area contributed by atoms with Crippen molar-refractivity contribution < 1.29 is 14.0 Å². The van der Waals surface area contributed by atoms with Crippen molar-refractivity contribution in [2.75, 3.05) is 10.6 Å². The fourth-order valence-electron chi connectivity index (χ4n) is 1.59. The van der Waals surface area contributed by atoms with Gasteiger partial charge in [-0.1, -0.05) is 0 Å². The van der Waals surface area contributed by atoms with Crippen molar-refractivity contribution in [3.63, 3.8) is 0 Å². The number of H-pyrrole nitrogens is 1. The Kier molecular flexibility index (Phi) is 4.19. The number of benzene rings is 1. The molecule has 1 aromatic heterocycles. The van der Waals surface area contributed by atoms with Gasteiger partial charge in [0, 0.05) is 23.3 Å². The third kappa shape index (κ3) is 3.45. The van der Waals surface area contributed by atoms with Crippen molar-refractivity contribution in [2.45, 2.75) is 6.92 Å². The molecule has 0 aliphatic rings. The van der Waals surface area contributed by atoms with Gasteiger partial charge in [0.25, 0.3) is 5.91 Å². The molecule has 3 N–H and O–H groups in total. The summed E-state index contributed by atoms with van der Waals surface area (Å²) in [5, 5.41) is 4.95. The standard InChI is InChI=1S/C13H11BrFN3O2/c1-7(19)17-11-5-9(2-3-10(11)15)18-13(20)12-4-8(14)6-16-12/h2-6,16H,1H3,(H,17,19)(H,18,20). The summed E-state index contributed by atoms with van der Waals surface area (Å²) in [7, 11) is 0. The van der Waals surface area contributed by atoms with E-state index in [-0.39, 0.29) is 17.5 Å². The second-order valence-electron chi connectivity index (χ2n) is 4.06. The lowest BCUT2D eigenvalue weighted by Crippen LogP contribution is -2.13. The van der Waals surface area contributed by atoms with Gasteiger partial charge < -0.3 is 15.6 Å². The van der Waals surface area contributed by atoms with Crippen LogP contribution in [0.15, 0.2) is 34.9 Å². The summed E-state index contributed by atoms with van der Waals surface area (Å²) in [5.74, 6) is -1.32. The molecule has 5 nitrogen and oxygen atoms in total. The minimum Gasteiger partial charge on any atom is -0.356 e. The number of aromatic nitrogens is 1. The van der Waals surface area contributed by atoms with E-state index < -0.39 is 5.82 Å². The smallest absolute Gasteiger partial charge is 0.272 e. The van der Waals surface area contributed by atoms with Gasteiger partial charge in [0.1, 0.15) is 11.5 Å². The van der Waals surface area contributed by atoms with Crippen LogP contribution in [-0.4, -0.2) is 16.8 Å². The number of amides is 2. The highest BCUT2D eigenvalue weighted by Gasteiger charge is 2.10. The van der Waals surface area contributed by atoms with Gasteiger partial charge in [-0.2, -0.15) is 0 Å². The van der Waals surface area contributed by atoms with Crippen LogP contribution in [0.3, 0.4) is 0 Å². The molecule has 0 bridgehead atoms. The van der Waals surface area contributed by atoms with Crippen LogP contribution < -0.4 is 10.6 Å². The molecule has 0 aliphatic carbocycles. The first-order valence-electron chi connectivity index (χ1n) is 5.68. The van der Waals surface area contributed by atoms with Crippen molar-refractivity contribution in [2.24, 2.45) is 0 Å². The topological polar surface area (TPSA) is 74.0 Å². The summed E-state index contributed by atoms with van der Waals surface area (Å²) < 4.78 is 14.2. The predicted molar refractivity (Wildman–Crippen MR) is 77.1 cm³/mol. The van der Waals surface area contributed by atoms with Crippen LogP contribution in [0, 0.1) is 5.82 Å². The second kappa shape index (κ2) is 5.87. The number of carbonyl (C=O) groups is 2. The summed E-state index contributed by atoms with van der Waals surface area (Å²) in [5.41, 5.74) is 0.760. The first-order chi connectivity index (χ1) is 9.45. The third-order valence-corrected chi connectivity index (χ3v) is 2.89. The highest BCUT2D eigenvalue weighted by Crippen LogP contribution is 2.20. The van der Waals surface area contributed by atoms with Gasteiger partial charge in [-0.25, -0.2) is 4.39 Å². The molecule has 20 heavy (non-hydrogen) atoms. The predicted octanol–water partition coefficient (Wildman–Crippen LogP) is 3.13. The monoisotopic (exact) mass is 339 g/mol. The van der Waals surface area contributed by atoms with Crippen molar-refractivity contribution in [1.82, 2.24) is 4.98 Å². The number of rotatable bonds is 3. The van der Waals surface area contributed by atoms with Crippen molar-refractivity contribution in [1.29, 1.82) is 0 Å². The van der Waals surface area contributed by atoms with Crippen LogP contribution >= 0.6 is 15.9 Å². The first-order valence-corrected chi connectivity index (χ1v) is 6.47. The Morgan fingerprint density at radius 2 is 2.00 bits per heavy atom. The summed E-state index contributed by atoms with van der Waals surface area (Å²) in [4.78, 5) is 25.6. The van der Waals surface area contributed by atoms with Crippen molar-refractivity contribution in [3.05, 3.63) is 46.4 Å². The molecule has 0 aliphatic heterocycles. The summed E-state index contributed by atoms with van der Waals surface area (Å²) >= 11 is 3.23. The zero-order valence-corrected chi connectivity index (χ0v) is 12.0. The minimum atomic E-state index is -0.569. The van der Waals surface area contributed by atoms with E-state index in [1.54, 1.807) is 12.3 Å². The van der Waals surface area contributed by atoms with Crippen LogP contribution in [0.1, 0.15) is 17.4 Å². The van der Waals surface area contributed by atoms with Crippen molar-refractivity contribution in [3.8, 4) is 0 Å². The van der Waals surface area contributed by atoms with E-state index in [2.05, 4.69) is 31.5 Å². The van der Waals surface area contributed by atoms with Gasteiger partial charge in [-0.05, 0) is 40.2 Å². The third-order valence-electron chi connectivity index (χ3n) is 2.43. The second-order valence-corrected chi connectivity index (χ2v) is 4.98. The van der Waals surface area contributed by atoms with E-state index in [9.17, 15) is 14.0 Å². The quantitative estimate of drug-likeness (QED) is 0.803. The number of hydrogen-bond donors (Lipinski definition) is 3. The molecule has 0 unspecified atom stereocenters. The van der Waals surface area contributed by atoms with Gasteiger partial charge in [0.05, 0.1) is 5.69 Å². The number of halogens is 2. The summed E-state index contributed by atoms with van der Waals surface area (Å²) in [6, 6.07) is 5.56. The van der Waals surface area contributed by atoms with Gasteiger partial charge in [0.2, 0.25) is 5.91 Å². The Bertz CT molecular complexity index is 669. The lowest BCUT2D eigenvalue weighted by molar-refractivity contribution is -0.114. The Morgan fingerprint density at radius 1 is 1.25 bits per heavy atom. The maximum absolute atomic E-state index is 13.5. The molecule has 0 radical (unpaired) electrons. The number of anilines is 2. The minimum absolute atomic E-state index is 0.0166. The highest BCUT2D eigenvalue weighted by molar-refractivity contribution is 9.10. The molecule has 2 amide bonds. The number of carbonyl (C=O) groups excluding carboxylic acids is 2. The van der Waals surface area contributed by atoms with Crippen LogP contribution in [0.2, 0.25) is 0 Å². The SMILES string of the molecule is CC(=O)Nc1cc(NC(=O)c2cc(Br)c[nH]2)ccc1F. The fourth-order valence-corrected chi connectivity index (χ4v) is 1.93. The Balaban J connectivity index is 2.17. The average molecular weight is 340 g/mol. The number of hydrogen-bond acceptors (Lipinski definition) is 2. The fraction of sp³-hybridized carbons (Fsp3) is 0.0769. The van der Waals surface area contributed by atoms with Crippen LogP contribution in [0.4, 0.5) is 15.8 Å². The maximum Gasteiger partial charge on any atom is 0.272 e. The van der Waals surface area contributed by atoms with Gasteiger partial charge in [0.15, 0.2) is 0 Å². The van der Waals surface area contributed by atoms with Crippen molar-refractivity contribution >= 4 is 39.1 Å². The first kappa shape index (κ1) is 14.3. The number of nitrogens with one attached hydrogen (secondary N) is 3. The zero-order chi connectivity index (χ0) is 14.7. The van der Waals surface area contributed by atoms with Crippen LogP contribution in [0.25, 0.3) is 0 Å². The van der Waals surface area contributed by atoms with E-state index in [1.807, 2.05) is 0 Å². The molecular weight excluding hydrogens is 329 g/mol. The largest absolute Gasteiger partial charge is 0.356 e. The van der Waals surface area contributed by atoms with E-state index in [0.717, 1.165) is 4.47 Å². The molecule has 0 atom stereocenters. The van der Waals surface area contributed by atoms with E-state index >= 15 is 0 Å². The molecule has 0 spiro atoms. The average Bonchev–Trinajstić information content (AvgIpc) is 2.79. The Hall–Kier alpha value is -2.15. The Labute approximate surface area is 122 Å². The normalized spacial score (nSPS) is 10.2. The summed E-state index contributed by atoms with van der Waals surface area (Å²) in [6.07, 6.45) is 1.63. The highest BCUT2D eigenvalue weighted by atomic mass is 79.9. The van der Waals surface area contributed by atoms with Crippen LogP contribution in [0.5, 0.6) is 0 Å². The number of aromatic amines is 1. The van der Waals surface area contributed by atoms with Gasteiger partial charge >= 0.3 is 0 Å². The molecule has 2 aromatic rings. The lowest BCUT2D eigenvalue weighted by Gasteiger charge is -2.08. The molecule has 0 fully saturated rings. The molecule has 2 rings (SSSR count). The lowest BCUT2D eigenvalue weighted by atomic mass is 10.2. The molecule has 1 aromatic carbocycles. The van der Waals surface area contributed by atoms with Gasteiger partial charge in [-0.3, -0.25) is 9.59 Å². The molecule has 0 saturated carbocycles. The Morgan fingerprint density at radius 3 is 2.60 bits per heavy atom. The molecule has 1 heterocycles. The molecule has 0 saturated heterocycles. The van der Waals surface area contributed by atoms with E-state index in [1.165, 1.54) is 25.1 Å². The van der Waals surface area contributed by atoms with Gasteiger partial charge in [-0.15, -0.1) is 0 Å². The van der Waals surface area contributed by atoms with Crippen LogP contribution in [-0.2, 0) is 4.79 Å². The molecule has 104 valence electrons. The van der Waals surface area contributed by atoms with E-state index in [4.69, 9.17) is 0 Å². The summed E-state index contributed by atoms with van der Waals surface area (Å²) in [6.45, 7) is 1.28. The maximum atomic E-state index is 13.5. The van der Waals surface area contributed by atoms with E-state index in [0.29, 0.717) is 11.4 Å².